The maximum atomic E-state index is 10.7. The molecular formula is C24H24O2. The number of aliphatic hydroxyl groups is 1. The lowest BCUT2D eigenvalue weighted by Gasteiger charge is -2.42. The highest BCUT2D eigenvalue weighted by Gasteiger charge is 2.42. The van der Waals surface area contributed by atoms with Crippen LogP contribution in [-0.2, 0) is 10.3 Å². The molecule has 26 heavy (non-hydrogen) atoms. The van der Waals surface area contributed by atoms with Crippen molar-refractivity contribution < 1.29 is 9.84 Å². The van der Waals surface area contributed by atoms with E-state index in [-0.39, 0.29) is 0 Å². The van der Waals surface area contributed by atoms with Gasteiger partial charge in [-0.3, -0.25) is 0 Å². The topological polar surface area (TPSA) is 29.5 Å². The summed E-state index contributed by atoms with van der Waals surface area (Å²) < 4.78 is 6.64. The number of ether oxygens (including phenoxy) is 1. The second-order valence-corrected chi connectivity index (χ2v) is 7.15. The van der Waals surface area contributed by atoms with Gasteiger partial charge in [0.15, 0.2) is 0 Å². The Morgan fingerprint density at radius 1 is 0.692 bits per heavy atom. The zero-order chi connectivity index (χ0) is 17.9. The molecule has 0 bridgehead atoms. The molecule has 0 amide bonds. The van der Waals surface area contributed by atoms with E-state index < -0.39 is 11.2 Å². The molecular weight excluding hydrogens is 320 g/mol. The molecule has 4 rings (SSSR count). The molecule has 1 saturated carbocycles. The summed E-state index contributed by atoms with van der Waals surface area (Å²) in [7, 11) is 0. The standard InChI is InChI=1S/C24H24O2/c25-23(17-10-18-23)19-26-24(20-11-4-1-5-12-20,21-13-6-2-7-14-21)22-15-8-3-9-16-22/h1-9,11-16,25H,10,17-19H2. The van der Waals surface area contributed by atoms with E-state index in [1.54, 1.807) is 0 Å². The van der Waals surface area contributed by atoms with Gasteiger partial charge in [-0.1, -0.05) is 91.0 Å². The minimum absolute atomic E-state index is 0.325. The van der Waals surface area contributed by atoms with Crippen LogP contribution in [0.2, 0.25) is 0 Å². The smallest absolute Gasteiger partial charge is 0.143 e. The highest BCUT2D eigenvalue weighted by molar-refractivity contribution is 5.47. The lowest BCUT2D eigenvalue weighted by atomic mass is 9.78. The molecule has 2 heteroatoms. The van der Waals surface area contributed by atoms with Crippen molar-refractivity contribution in [3.8, 4) is 0 Å². The molecule has 0 heterocycles. The van der Waals surface area contributed by atoms with E-state index in [0.29, 0.717) is 6.61 Å². The van der Waals surface area contributed by atoms with E-state index in [1.165, 1.54) is 0 Å². The third-order valence-electron chi connectivity index (χ3n) is 5.38. The van der Waals surface area contributed by atoms with Crippen molar-refractivity contribution in [1.82, 2.24) is 0 Å². The summed E-state index contributed by atoms with van der Waals surface area (Å²) in [5, 5.41) is 10.7. The lowest BCUT2D eigenvalue weighted by Crippen LogP contribution is -2.45. The Labute approximate surface area is 155 Å². The van der Waals surface area contributed by atoms with Crippen molar-refractivity contribution in [1.29, 1.82) is 0 Å². The van der Waals surface area contributed by atoms with Crippen molar-refractivity contribution in [3.63, 3.8) is 0 Å². The SMILES string of the molecule is OC1(COC(c2ccccc2)(c2ccccc2)c2ccccc2)CCC1. The highest BCUT2D eigenvalue weighted by atomic mass is 16.5. The van der Waals surface area contributed by atoms with E-state index >= 15 is 0 Å². The Bertz CT molecular complexity index is 727. The van der Waals surface area contributed by atoms with Gasteiger partial charge in [0.25, 0.3) is 0 Å². The van der Waals surface area contributed by atoms with Crippen LogP contribution in [0.15, 0.2) is 91.0 Å². The molecule has 132 valence electrons. The van der Waals surface area contributed by atoms with Crippen LogP contribution in [0.4, 0.5) is 0 Å². The molecule has 0 unspecified atom stereocenters. The van der Waals surface area contributed by atoms with Crippen LogP contribution in [0, 0.1) is 0 Å². The third kappa shape index (κ3) is 3.07. The van der Waals surface area contributed by atoms with E-state index in [2.05, 4.69) is 36.4 Å². The minimum Gasteiger partial charge on any atom is -0.387 e. The normalized spacial score (nSPS) is 16.0. The summed E-state index contributed by atoms with van der Waals surface area (Å²) in [4.78, 5) is 0. The Balaban J connectivity index is 1.88. The quantitative estimate of drug-likeness (QED) is 0.644. The first-order valence-electron chi connectivity index (χ1n) is 9.26. The molecule has 1 fully saturated rings. The molecule has 1 aliphatic carbocycles. The molecule has 0 aliphatic heterocycles. The maximum Gasteiger partial charge on any atom is 0.143 e. The van der Waals surface area contributed by atoms with Crippen LogP contribution in [0.1, 0.15) is 36.0 Å². The molecule has 0 atom stereocenters. The summed E-state index contributed by atoms with van der Waals surface area (Å²) >= 11 is 0. The number of rotatable bonds is 6. The van der Waals surface area contributed by atoms with Crippen LogP contribution >= 0.6 is 0 Å². The van der Waals surface area contributed by atoms with Crippen molar-refractivity contribution in [2.75, 3.05) is 6.61 Å². The first-order chi connectivity index (χ1) is 12.7. The molecule has 3 aromatic rings. The van der Waals surface area contributed by atoms with Crippen molar-refractivity contribution in [2.24, 2.45) is 0 Å². The molecule has 0 aromatic heterocycles. The van der Waals surface area contributed by atoms with Crippen molar-refractivity contribution in [2.45, 2.75) is 30.5 Å². The van der Waals surface area contributed by atoms with Gasteiger partial charge >= 0.3 is 0 Å². The molecule has 0 saturated heterocycles. The molecule has 1 N–H and O–H groups in total. The van der Waals surface area contributed by atoms with Gasteiger partial charge in [-0.15, -0.1) is 0 Å². The molecule has 0 spiro atoms. The fourth-order valence-corrected chi connectivity index (χ4v) is 3.74. The monoisotopic (exact) mass is 344 g/mol. The Morgan fingerprint density at radius 2 is 1.08 bits per heavy atom. The minimum atomic E-state index is -0.741. The number of hydrogen-bond donors (Lipinski definition) is 1. The average Bonchev–Trinajstić information content (AvgIpc) is 2.70. The second kappa shape index (κ2) is 7.06. The van der Waals surface area contributed by atoms with E-state index in [1.807, 2.05) is 54.6 Å². The van der Waals surface area contributed by atoms with Crippen molar-refractivity contribution >= 4 is 0 Å². The first-order valence-corrected chi connectivity index (χ1v) is 9.26. The Morgan fingerprint density at radius 3 is 1.38 bits per heavy atom. The van der Waals surface area contributed by atoms with Crippen LogP contribution in [0.3, 0.4) is 0 Å². The predicted molar refractivity (Wildman–Crippen MR) is 104 cm³/mol. The Hall–Kier alpha value is -2.42. The van der Waals surface area contributed by atoms with Gasteiger partial charge in [0.05, 0.1) is 12.2 Å². The first kappa shape index (κ1) is 17.0. The summed E-state index contributed by atoms with van der Waals surface area (Å²) in [6.07, 6.45) is 2.68. The van der Waals surface area contributed by atoms with Gasteiger partial charge < -0.3 is 9.84 Å². The van der Waals surface area contributed by atoms with Gasteiger partial charge in [-0.05, 0) is 36.0 Å². The van der Waals surface area contributed by atoms with Gasteiger partial charge in [0, 0.05) is 0 Å². The molecule has 0 radical (unpaired) electrons. The van der Waals surface area contributed by atoms with E-state index in [4.69, 9.17) is 4.74 Å². The third-order valence-corrected chi connectivity index (χ3v) is 5.38. The van der Waals surface area contributed by atoms with Crippen LogP contribution < -0.4 is 0 Å². The highest BCUT2D eigenvalue weighted by Crippen LogP contribution is 2.42. The van der Waals surface area contributed by atoms with Gasteiger partial charge in [0.2, 0.25) is 0 Å². The summed E-state index contributed by atoms with van der Waals surface area (Å²) in [6, 6.07) is 30.9. The lowest BCUT2D eigenvalue weighted by molar-refractivity contribution is -0.128. The number of benzene rings is 3. The van der Waals surface area contributed by atoms with Crippen LogP contribution in [0.25, 0.3) is 0 Å². The summed E-state index contributed by atoms with van der Waals surface area (Å²) in [6.45, 7) is 0.325. The number of hydrogen-bond acceptors (Lipinski definition) is 2. The summed E-state index contributed by atoms with van der Waals surface area (Å²) in [5.41, 5.74) is 1.76. The van der Waals surface area contributed by atoms with Crippen LogP contribution in [-0.4, -0.2) is 17.3 Å². The zero-order valence-electron chi connectivity index (χ0n) is 14.8. The van der Waals surface area contributed by atoms with Crippen molar-refractivity contribution in [3.05, 3.63) is 108 Å². The van der Waals surface area contributed by atoms with Gasteiger partial charge in [-0.25, -0.2) is 0 Å². The average molecular weight is 344 g/mol. The molecule has 2 nitrogen and oxygen atoms in total. The fourth-order valence-electron chi connectivity index (χ4n) is 3.74. The van der Waals surface area contributed by atoms with E-state index in [9.17, 15) is 5.11 Å². The Kier molecular flexibility index (Phi) is 4.62. The van der Waals surface area contributed by atoms with Gasteiger partial charge in [-0.2, -0.15) is 0 Å². The molecule has 3 aromatic carbocycles. The van der Waals surface area contributed by atoms with Gasteiger partial charge in [0.1, 0.15) is 5.60 Å². The van der Waals surface area contributed by atoms with Crippen LogP contribution in [0.5, 0.6) is 0 Å². The molecule has 1 aliphatic rings. The summed E-state index contributed by atoms with van der Waals surface area (Å²) in [5.74, 6) is 0. The fraction of sp³-hybridized carbons (Fsp3) is 0.250. The maximum absolute atomic E-state index is 10.7. The predicted octanol–water partition coefficient (Wildman–Crippen LogP) is 4.91. The largest absolute Gasteiger partial charge is 0.387 e. The zero-order valence-corrected chi connectivity index (χ0v) is 14.8. The second-order valence-electron chi connectivity index (χ2n) is 7.15. The van der Waals surface area contributed by atoms with E-state index in [0.717, 1.165) is 36.0 Å².